The van der Waals surface area contributed by atoms with E-state index in [4.69, 9.17) is 4.74 Å². The first kappa shape index (κ1) is 21.7. The van der Waals surface area contributed by atoms with Crippen molar-refractivity contribution in [1.29, 1.82) is 0 Å². The fraction of sp³-hybridized carbons (Fsp3) is 0.444. The third kappa shape index (κ3) is 5.33. The summed E-state index contributed by atoms with van der Waals surface area (Å²) in [5.41, 5.74) is 0.973. The lowest BCUT2D eigenvalue weighted by molar-refractivity contribution is -0.152. The van der Waals surface area contributed by atoms with E-state index in [1.165, 1.54) is 9.21 Å². The topological polar surface area (TPSA) is 142 Å². The first-order valence-electron chi connectivity index (χ1n) is 9.35. The maximum Gasteiger partial charge on any atom is 0.308 e. The number of ether oxygens (including phenoxy) is 1. The second kappa shape index (κ2) is 9.22. The van der Waals surface area contributed by atoms with Gasteiger partial charge in [-0.2, -0.15) is 9.40 Å². The number of nitrogens with one attached hydrogen (secondary N) is 2. The second-order valence-electron chi connectivity index (χ2n) is 6.83. The molecule has 3 rings (SSSR count). The minimum atomic E-state index is -3.28. The highest BCUT2D eigenvalue weighted by Crippen LogP contribution is 2.14. The van der Waals surface area contributed by atoms with Crippen LogP contribution in [-0.2, 0) is 24.3 Å². The normalized spacial score (nSPS) is 15.2. The lowest BCUT2D eigenvalue weighted by atomic mass is 10.2. The first-order chi connectivity index (χ1) is 14.3. The van der Waals surface area contributed by atoms with Crippen LogP contribution in [0.4, 0.5) is 0 Å². The molecule has 30 heavy (non-hydrogen) atoms. The van der Waals surface area contributed by atoms with E-state index in [0.717, 1.165) is 11.8 Å². The number of H-pyrrole nitrogens is 1. The Morgan fingerprint density at radius 3 is 2.57 bits per heavy atom. The molecule has 0 spiro atoms. The SMILES string of the molecule is CS(=O)(=O)N1CCN(C(=O)COC(=O)CCNC(=O)c2n[nH]c3ccccc23)CC1. The van der Waals surface area contributed by atoms with Gasteiger partial charge in [0.2, 0.25) is 10.0 Å². The van der Waals surface area contributed by atoms with E-state index in [2.05, 4.69) is 15.5 Å². The number of hydrogen-bond donors (Lipinski definition) is 2. The van der Waals surface area contributed by atoms with Crippen LogP contribution < -0.4 is 5.32 Å². The van der Waals surface area contributed by atoms with E-state index in [-0.39, 0.29) is 50.7 Å². The Kier molecular flexibility index (Phi) is 6.67. The molecular weight excluding hydrogens is 414 g/mol. The first-order valence-corrected chi connectivity index (χ1v) is 11.2. The number of sulfonamides is 1. The third-order valence-electron chi connectivity index (χ3n) is 4.72. The number of carbonyl (C=O) groups excluding carboxylic acids is 3. The van der Waals surface area contributed by atoms with Crippen molar-refractivity contribution in [1.82, 2.24) is 24.7 Å². The Bertz CT molecular complexity index is 1040. The molecule has 0 bridgehead atoms. The van der Waals surface area contributed by atoms with Gasteiger partial charge in [-0.25, -0.2) is 8.42 Å². The smallest absolute Gasteiger partial charge is 0.308 e. The molecule has 1 saturated heterocycles. The minimum Gasteiger partial charge on any atom is -0.456 e. The van der Waals surface area contributed by atoms with E-state index in [1.807, 2.05) is 6.07 Å². The summed E-state index contributed by atoms with van der Waals surface area (Å²) in [5, 5.41) is 10.0. The molecule has 2 heterocycles. The number of nitrogens with zero attached hydrogens (tertiary/aromatic N) is 3. The molecule has 0 radical (unpaired) electrons. The third-order valence-corrected chi connectivity index (χ3v) is 6.02. The number of benzene rings is 1. The summed E-state index contributed by atoms with van der Waals surface area (Å²) in [6.07, 6.45) is 1.03. The maximum absolute atomic E-state index is 12.2. The van der Waals surface area contributed by atoms with Gasteiger partial charge in [0, 0.05) is 38.1 Å². The second-order valence-corrected chi connectivity index (χ2v) is 8.81. The zero-order valence-electron chi connectivity index (χ0n) is 16.5. The molecule has 2 aromatic rings. The quantitative estimate of drug-likeness (QED) is 0.547. The van der Waals surface area contributed by atoms with Crippen LogP contribution in [0.1, 0.15) is 16.9 Å². The zero-order valence-corrected chi connectivity index (χ0v) is 17.3. The Labute approximate surface area is 173 Å². The predicted octanol–water partition coefficient (Wildman–Crippen LogP) is -0.670. The number of amides is 2. The largest absolute Gasteiger partial charge is 0.456 e. The van der Waals surface area contributed by atoms with Crippen LogP contribution in [0.2, 0.25) is 0 Å². The van der Waals surface area contributed by atoms with Crippen molar-refractivity contribution in [3.63, 3.8) is 0 Å². The lowest BCUT2D eigenvalue weighted by Crippen LogP contribution is -2.51. The molecule has 2 amide bonds. The number of piperazine rings is 1. The van der Waals surface area contributed by atoms with Gasteiger partial charge >= 0.3 is 5.97 Å². The minimum absolute atomic E-state index is 0.0417. The van der Waals surface area contributed by atoms with Crippen LogP contribution in [0, 0.1) is 0 Å². The van der Waals surface area contributed by atoms with E-state index >= 15 is 0 Å². The predicted molar refractivity (Wildman–Crippen MR) is 107 cm³/mol. The van der Waals surface area contributed by atoms with Crippen LogP contribution in [0.5, 0.6) is 0 Å². The van der Waals surface area contributed by atoms with Crippen molar-refractivity contribution >= 4 is 38.7 Å². The van der Waals surface area contributed by atoms with Crippen molar-refractivity contribution in [2.24, 2.45) is 0 Å². The molecule has 1 aliphatic rings. The highest BCUT2D eigenvalue weighted by molar-refractivity contribution is 7.88. The van der Waals surface area contributed by atoms with Gasteiger partial charge in [0.05, 0.1) is 18.2 Å². The molecule has 2 N–H and O–H groups in total. The summed E-state index contributed by atoms with van der Waals surface area (Å²) in [6, 6.07) is 7.19. The molecule has 162 valence electrons. The van der Waals surface area contributed by atoms with Crippen molar-refractivity contribution in [2.45, 2.75) is 6.42 Å². The van der Waals surface area contributed by atoms with Crippen LogP contribution in [0.15, 0.2) is 24.3 Å². The maximum atomic E-state index is 12.2. The molecular formula is C18H23N5O6S. The van der Waals surface area contributed by atoms with Gasteiger partial charge in [-0.05, 0) is 6.07 Å². The Morgan fingerprint density at radius 1 is 1.17 bits per heavy atom. The zero-order chi connectivity index (χ0) is 21.7. The van der Waals surface area contributed by atoms with Gasteiger partial charge < -0.3 is 15.0 Å². The molecule has 0 aliphatic carbocycles. The number of carbonyl (C=O) groups is 3. The van der Waals surface area contributed by atoms with Crippen molar-refractivity contribution in [3.8, 4) is 0 Å². The average Bonchev–Trinajstić information content (AvgIpc) is 3.15. The molecule has 0 atom stereocenters. The number of aromatic nitrogens is 2. The van der Waals surface area contributed by atoms with Crippen LogP contribution in [0.3, 0.4) is 0 Å². The highest BCUT2D eigenvalue weighted by Gasteiger charge is 2.26. The summed E-state index contributed by atoms with van der Waals surface area (Å²) >= 11 is 0. The van der Waals surface area contributed by atoms with E-state index in [0.29, 0.717) is 5.39 Å². The molecule has 0 unspecified atom stereocenters. The fourth-order valence-electron chi connectivity index (χ4n) is 3.07. The summed E-state index contributed by atoms with van der Waals surface area (Å²) in [7, 11) is -3.28. The summed E-state index contributed by atoms with van der Waals surface area (Å²) in [4.78, 5) is 37.6. The number of hydrogen-bond acceptors (Lipinski definition) is 7. The van der Waals surface area contributed by atoms with Gasteiger partial charge in [-0.1, -0.05) is 18.2 Å². The van der Waals surface area contributed by atoms with Gasteiger partial charge in [0.1, 0.15) is 0 Å². The molecule has 1 aliphatic heterocycles. The average molecular weight is 437 g/mol. The van der Waals surface area contributed by atoms with Gasteiger partial charge in [-0.3, -0.25) is 19.5 Å². The van der Waals surface area contributed by atoms with Gasteiger partial charge in [0.25, 0.3) is 11.8 Å². The number of fused-ring (bicyclic) bond motifs is 1. The fourth-order valence-corrected chi connectivity index (χ4v) is 3.90. The monoisotopic (exact) mass is 437 g/mol. The molecule has 1 aromatic heterocycles. The molecule has 1 aromatic carbocycles. The van der Waals surface area contributed by atoms with Crippen LogP contribution in [0.25, 0.3) is 10.9 Å². The highest BCUT2D eigenvalue weighted by atomic mass is 32.2. The van der Waals surface area contributed by atoms with Gasteiger partial charge in [0.15, 0.2) is 12.3 Å². The molecule has 0 saturated carbocycles. The summed E-state index contributed by atoms with van der Waals surface area (Å²) in [6.45, 7) is 0.544. The van der Waals surface area contributed by atoms with E-state index < -0.39 is 28.5 Å². The van der Waals surface area contributed by atoms with E-state index in [1.54, 1.807) is 18.2 Å². The summed E-state index contributed by atoms with van der Waals surface area (Å²) < 4.78 is 29.2. The summed E-state index contributed by atoms with van der Waals surface area (Å²) in [5.74, 6) is -1.42. The molecule has 1 fully saturated rings. The number of para-hydroxylation sites is 1. The Balaban J connectivity index is 1.37. The number of aromatic amines is 1. The number of esters is 1. The molecule has 11 nitrogen and oxygen atoms in total. The van der Waals surface area contributed by atoms with Crippen molar-refractivity contribution in [2.75, 3.05) is 45.6 Å². The van der Waals surface area contributed by atoms with Crippen molar-refractivity contribution < 1.29 is 27.5 Å². The van der Waals surface area contributed by atoms with Crippen molar-refractivity contribution in [3.05, 3.63) is 30.0 Å². The number of rotatable bonds is 7. The van der Waals surface area contributed by atoms with Crippen LogP contribution >= 0.6 is 0 Å². The standard InChI is InChI=1S/C18H23N5O6S/c1-30(27,28)23-10-8-22(9-11-23)15(24)12-29-16(25)6-7-19-18(26)17-13-4-2-3-5-14(13)20-21-17/h2-5H,6-12H2,1H3,(H,19,26)(H,20,21). The van der Waals surface area contributed by atoms with Crippen LogP contribution in [-0.4, -0.2) is 91.2 Å². The Morgan fingerprint density at radius 2 is 1.87 bits per heavy atom. The lowest BCUT2D eigenvalue weighted by Gasteiger charge is -2.33. The van der Waals surface area contributed by atoms with Gasteiger partial charge in [-0.15, -0.1) is 0 Å². The Hall–Kier alpha value is -2.99. The van der Waals surface area contributed by atoms with E-state index in [9.17, 15) is 22.8 Å². The molecule has 12 heteroatoms.